The first-order valence-corrected chi connectivity index (χ1v) is 8.44. The smallest absolute Gasteiger partial charge is 0.160 e. The second-order valence-electron chi connectivity index (χ2n) is 6.27. The van der Waals surface area contributed by atoms with Crippen molar-refractivity contribution in [2.24, 2.45) is 0 Å². The van der Waals surface area contributed by atoms with Gasteiger partial charge in [0.15, 0.2) is 5.65 Å². The highest BCUT2D eigenvalue weighted by atomic mass is 16.5. The lowest BCUT2D eigenvalue weighted by molar-refractivity contribution is 0.0150. The lowest BCUT2D eigenvalue weighted by Gasteiger charge is -2.29. The fraction of sp³-hybridized carbons (Fsp3) is 0.389. The molecule has 3 aromatic rings. The van der Waals surface area contributed by atoms with Crippen LogP contribution in [0.5, 0.6) is 0 Å². The summed E-state index contributed by atoms with van der Waals surface area (Å²) in [4.78, 5) is 8.53. The van der Waals surface area contributed by atoms with Crippen molar-refractivity contribution in [2.75, 3.05) is 5.32 Å². The summed E-state index contributed by atoms with van der Waals surface area (Å²) in [5.74, 6) is 0.863. The first-order chi connectivity index (χ1) is 11.9. The van der Waals surface area contributed by atoms with E-state index >= 15 is 0 Å². The molecule has 2 N–H and O–H groups in total. The van der Waals surface area contributed by atoms with Crippen molar-refractivity contribution in [2.45, 2.75) is 44.4 Å². The van der Waals surface area contributed by atoms with Crippen molar-refractivity contribution < 1.29 is 4.74 Å². The molecular weight excluding hydrogens is 302 g/mol. The van der Waals surface area contributed by atoms with Crippen LogP contribution in [0.3, 0.4) is 0 Å². The molecule has 6 nitrogen and oxygen atoms in total. The van der Waals surface area contributed by atoms with E-state index < -0.39 is 0 Å². The van der Waals surface area contributed by atoms with Crippen LogP contribution in [0.4, 0.5) is 5.82 Å². The van der Waals surface area contributed by atoms with E-state index in [4.69, 9.17) is 4.74 Å². The van der Waals surface area contributed by atoms with Gasteiger partial charge in [-0.25, -0.2) is 9.97 Å². The van der Waals surface area contributed by atoms with E-state index in [1.807, 2.05) is 6.07 Å². The van der Waals surface area contributed by atoms with Crippen LogP contribution in [-0.4, -0.2) is 32.3 Å². The van der Waals surface area contributed by atoms with E-state index in [1.54, 1.807) is 12.5 Å². The maximum Gasteiger partial charge on any atom is 0.160 e. The molecule has 0 spiro atoms. The average Bonchev–Trinajstić information content (AvgIpc) is 3.12. The summed E-state index contributed by atoms with van der Waals surface area (Å²) < 4.78 is 6.06. The highest BCUT2D eigenvalue weighted by Crippen LogP contribution is 2.26. The Morgan fingerprint density at radius 1 is 1.08 bits per heavy atom. The Kier molecular flexibility index (Phi) is 4.38. The van der Waals surface area contributed by atoms with Gasteiger partial charge in [0.25, 0.3) is 0 Å². The SMILES string of the molecule is c1ccc(CO[C@H]2CC[C@H](Nc3ncnc4[nH]ncc34)CC2)cc1. The molecule has 2 heterocycles. The highest BCUT2D eigenvalue weighted by molar-refractivity contribution is 5.85. The molecule has 2 aromatic heterocycles. The van der Waals surface area contributed by atoms with Gasteiger partial charge in [0.05, 0.1) is 24.3 Å². The summed E-state index contributed by atoms with van der Waals surface area (Å²) in [5, 5.41) is 11.4. The maximum atomic E-state index is 6.06. The molecule has 0 saturated heterocycles. The first kappa shape index (κ1) is 15.1. The molecule has 1 fully saturated rings. The first-order valence-electron chi connectivity index (χ1n) is 8.44. The normalized spacial score (nSPS) is 21.0. The van der Waals surface area contributed by atoms with E-state index in [0.29, 0.717) is 18.8 Å². The minimum Gasteiger partial charge on any atom is -0.374 e. The zero-order valence-electron chi connectivity index (χ0n) is 13.5. The Bertz CT molecular complexity index is 780. The van der Waals surface area contributed by atoms with Crippen LogP contribution in [0.15, 0.2) is 42.9 Å². The summed E-state index contributed by atoms with van der Waals surface area (Å²) in [6.45, 7) is 0.700. The second-order valence-corrected chi connectivity index (χ2v) is 6.27. The molecule has 0 amide bonds. The van der Waals surface area contributed by atoms with E-state index in [1.165, 1.54) is 5.56 Å². The monoisotopic (exact) mass is 323 g/mol. The molecule has 1 aliphatic carbocycles. The van der Waals surface area contributed by atoms with Crippen LogP contribution < -0.4 is 5.32 Å². The third-order valence-corrected chi connectivity index (χ3v) is 4.59. The number of aromatic amines is 1. The number of fused-ring (bicyclic) bond motifs is 1. The largest absolute Gasteiger partial charge is 0.374 e. The van der Waals surface area contributed by atoms with Crippen molar-refractivity contribution in [3.63, 3.8) is 0 Å². The van der Waals surface area contributed by atoms with Crippen molar-refractivity contribution in [3.05, 3.63) is 48.4 Å². The Labute approximate surface area is 140 Å². The fourth-order valence-electron chi connectivity index (χ4n) is 3.24. The lowest BCUT2D eigenvalue weighted by atomic mass is 9.93. The summed E-state index contributed by atoms with van der Waals surface area (Å²) in [6, 6.07) is 10.8. The Hall–Kier alpha value is -2.47. The van der Waals surface area contributed by atoms with E-state index in [9.17, 15) is 0 Å². The minimum absolute atomic E-state index is 0.350. The van der Waals surface area contributed by atoms with Crippen molar-refractivity contribution in [3.8, 4) is 0 Å². The number of H-pyrrole nitrogens is 1. The molecule has 1 saturated carbocycles. The summed E-state index contributed by atoms with van der Waals surface area (Å²) in [5.41, 5.74) is 2.01. The molecule has 4 rings (SSSR count). The third kappa shape index (κ3) is 3.38. The predicted molar refractivity (Wildman–Crippen MR) is 92.6 cm³/mol. The number of hydrogen-bond donors (Lipinski definition) is 2. The van der Waals surface area contributed by atoms with Gasteiger partial charge in [-0.05, 0) is 31.2 Å². The quantitative estimate of drug-likeness (QED) is 0.753. The predicted octanol–water partition coefficient (Wildman–Crippen LogP) is 3.29. The minimum atomic E-state index is 0.350. The standard InChI is InChI=1S/C18H21N5O/c1-2-4-13(5-3-1)11-24-15-8-6-14(7-9-15)22-17-16-10-21-23-18(16)20-12-19-17/h1-5,10,12,14-15H,6-9,11H2,(H2,19,20,21,22,23)/t14-,15-. The molecule has 0 radical (unpaired) electrons. The third-order valence-electron chi connectivity index (χ3n) is 4.59. The van der Waals surface area contributed by atoms with Crippen LogP contribution in [-0.2, 0) is 11.3 Å². The number of ether oxygens (including phenoxy) is 1. The highest BCUT2D eigenvalue weighted by Gasteiger charge is 2.22. The van der Waals surface area contributed by atoms with Crippen LogP contribution in [0.25, 0.3) is 11.0 Å². The van der Waals surface area contributed by atoms with Gasteiger partial charge in [-0.1, -0.05) is 30.3 Å². The van der Waals surface area contributed by atoms with Crippen LogP contribution in [0, 0.1) is 0 Å². The van der Waals surface area contributed by atoms with Gasteiger partial charge < -0.3 is 10.1 Å². The molecule has 0 aliphatic heterocycles. The van der Waals surface area contributed by atoms with E-state index in [2.05, 4.69) is 49.7 Å². The molecule has 6 heteroatoms. The average molecular weight is 323 g/mol. The molecular formula is C18H21N5O. The Balaban J connectivity index is 1.29. The van der Waals surface area contributed by atoms with Crippen LogP contribution in [0.1, 0.15) is 31.2 Å². The zero-order valence-corrected chi connectivity index (χ0v) is 13.5. The number of benzene rings is 1. The Morgan fingerprint density at radius 2 is 1.92 bits per heavy atom. The number of anilines is 1. The second kappa shape index (κ2) is 6.97. The number of rotatable bonds is 5. The zero-order chi connectivity index (χ0) is 16.2. The van der Waals surface area contributed by atoms with Crippen molar-refractivity contribution in [1.82, 2.24) is 20.2 Å². The summed E-state index contributed by atoms with van der Waals surface area (Å²) >= 11 is 0. The topological polar surface area (TPSA) is 75.7 Å². The number of aromatic nitrogens is 4. The van der Waals surface area contributed by atoms with Gasteiger partial charge in [0, 0.05) is 6.04 Å². The molecule has 0 unspecified atom stereocenters. The molecule has 0 bridgehead atoms. The summed E-state index contributed by atoms with van der Waals surface area (Å²) in [7, 11) is 0. The lowest BCUT2D eigenvalue weighted by Crippen LogP contribution is -2.30. The van der Waals surface area contributed by atoms with Gasteiger partial charge >= 0.3 is 0 Å². The molecule has 24 heavy (non-hydrogen) atoms. The van der Waals surface area contributed by atoms with Gasteiger partial charge in [0.2, 0.25) is 0 Å². The van der Waals surface area contributed by atoms with Gasteiger partial charge in [-0.15, -0.1) is 0 Å². The van der Waals surface area contributed by atoms with Crippen LogP contribution >= 0.6 is 0 Å². The number of nitrogens with zero attached hydrogens (tertiary/aromatic N) is 3. The van der Waals surface area contributed by atoms with Crippen LogP contribution in [0.2, 0.25) is 0 Å². The maximum absolute atomic E-state index is 6.06. The summed E-state index contributed by atoms with van der Waals surface area (Å²) in [6.07, 6.45) is 8.01. The molecule has 0 atom stereocenters. The number of hydrogen-bond acceptors (Lipinski definition) is 5. The van der Waals surface area contributed by atoms with Gasteiger partial charge in [0.1, 0.15) is 12.1 Å². The van der Waals surface area contributed by atoms with Crippen molar-refractivity contribution in [1.29, 1.82) is 0 Å². The van der Waals surface area contributed by atoms with Crippen molar-refractivity contribution >= 4 is 16.9 Å². The fourth-order valence-corrected chi connectivity index (χ4v) is 3.24. The van der Waals surface area contributed by atoms with E-state index in [0.717, 1.165) is 42.5 Å². The molecule has 1 aliphatic rings. The Morgan fingerprint density at radius 3 is 2.75 bits per heavy atom. The number of nitrogens with one attached hydrogen (secondary N) is 2. The molecule has 1 aromatic carbocycles. The van der Waals surface area contributed by atoms with E-state index in [-0.39, 0.29) is 0 Å². The van der Waals surface area contributed by atoms with Gasteiger partial charge in [-0.3, -0.25) is 5.10 Å². The molecule has 124 valence electrons. The van der Waals surface area contributed by atoms with Gasteiger partial charge in [-0.2, -0.15) is 5.10 Å².